The summed E-state index contributed by atoms with van der Waals surface area (Å²) in [5.41, 5.74) is 0. The van der Waals surface area contributed by atoms with Gasteiger partial charge in [0.05, 0.1) is 0 Å². The molecule has 1 N–H and O–H groups in total. The lowest BCUT2D eigenvalue weighted by Crippen LogP contribution is -2.24. The molecule has 1 saturated heterocycles. The Morgan fingerprint density at radius 3 is 2.14 bits per heavy atom. The molecule has 41 valence electrons. The second-order valence-corrected chi connectivity index (χ2v) is 2.89. The van der Waals surface area contributed by atoms with Crippen molar-refractivity contribution < 1.29 is 0 Å². The van der Waals surface area contributed by atoms with Gasteiger partial charge >= 0.3 is 0 Å². The maximum absolute atomic E-state index is 3.46. The van der Waals surface area contributed by atoms with E-state index in [1.54, 1.807) is 0 Å². The minimum absolute atomic E-state index is 1.15. The summed E-state index contributed by atoms with van der Waals surface area (Å²) in [5, 5.41) is 3.26. The van der Waals surface area contributed by atoms with Gasteiger partial charge in [-0.1, -0.05) is 15.9 Å². The quantitative estimate of drug-likeness (QED) is 0.567. The molecule has 7 heavy (non-hydrogen) atoms. The number of hydrogen-bond acceptors (Lipinski definition) is 1. The molecule has 1 aliphatic rings. The molecule has 2 heteroatoms. The van der Waals surface area contributed by atoms with E-state index in [1.165, 1.54) is 17.7 Å². The van der Waals surface area contributed by atoms with Gasteiger partial charge in [-0.2, -0.15) is 0 Å². The molecule has 0 aromatic rings. The second kappa shape index (κ2) is 2.68. The van der Waals surface area contributed by atoms with Crippen molar-refractivity contribution in [3.8, 4) is 0 Å². The zero-order valence-corrected chi connectivity index (χ0v) is 5.79. The Balaban J connectivity index is 2.12. The fourth-order valence-electron chi connectivity index (χ4n) is 0.698. The Kier molecular flexibility index (Phi) is 2.13. The first-order valence-corrected chi connectivity index (χ1v) is 3.40. The lowest BCUT2D eigenvalue weighted by molar-refractivity contribution is 0.594. The van der Waals surface area contributed by atoms with Crippen LogP contribution in [0.4, 0.5) is 0 Å². The summed E-state index contributed by atoms with van der Waals surface area (Å²) >= 11 is 3.46. The van der Waals surface area contributed by atoms with Crippen molar-refractivity contribution >= 4 is 15.9 Å². The smallest absolute Gasteiger partial charge is 0.0435 e. The van der Waals surface area contributed by atoms with E-state index in [0.717, 1.165) is 13.1 Å². The highest BCUT2D eigenvalue weighted by Crippen LogP contribution is 2.20. The molecule has 0 aromatic heterocycles. The maximum Gasteiger partial charge on any atom is 0.0435 e. The molecule has 0 atom stereocenters. The molecule has 1 nitrogen and oxygen atoms in total. The highest BCUT2D eigenvalue weighted by Gasteiger charge is 2.07. The third-order valence-corrected chi connectivity index (χ3v) is 1.94. The predicted octanol–water partition coefficient (Wildman–Crippen LogP) is 1.30. The van der Waals surface area contributed by atoms with Gasteiger partial charge in [0.2, 0.25) is 0 Å². The van der Waals surface area contributed by atoms with Crippen LogP contribution in [-0.2, 0) is 0 Å². The fourth-order valence-corrected chi connectivity index (χ4v) is 1.09. The first-order chi connectivity index (χ1) is 3.39. The Labute approximate surface area is 52.6 Å². The molecule has 1 aliphatic heterocycles. The zero-order valence-electron chi connectivity index (χ0n) is 4.21. The van der Waals surface area contributed by atoms with Gasteiger partial charge in [0, 0.05) is 4.83 Å². The molecule has 0 saturated carbocycles. The summed E-state index contributed by atoms with van der Waals surface area (Å²) in [5.74, 6) is 0. The van der Waals surface area contributed by atoms with E-state index in [2.05, 4.69) is 21.2 Å². The minimum atomic E-state index is 1.15. The molecule has 0 spiro atoms. The molecule has 0 unspecified atom stereocenters. The van der Waals surface area contributed by atoms with Gasteiger partial charge in [0.25, 0.3) is 0 Å². The van der Waals surface area contributed by atoms with Crippen molar-refractivity contribution in [1.29, 1.82) is 0 Å². The van der Waals surface area contributed by atoms with Gasteiger partial charge in [-0.05, 0) is 25.9 Å². The highest BCUT2D eigenvalue weighted by atomic mass is 79.9. The summed E-state index contributed by atoms with van der Waals surface area (Å²) in [7, 11) is 0. The third kappa shape index (κ3) is 1.78. The van der Waals surface area contributed by atoms with Gasteiger partial charge in [-0.15, -0.1) is 0 Å². The van der Waals surface area contributed by atoms with E-state index in [9.17, 15) is 0 Å². The fraction of sp³-hybridized carbons (Fsp3) is 0.800. The van der Waals surface area contributed by atoms with Gasteiger partial charge in [-0.25, -0.2) is 0 Å². The lowest BCUT2D eigenvalue weighted by atomic mass is 10.2. The average molecular weight is 163 g/mol. The van der Waals surface area contributed by atoms with Crippen LogP contribution in [0.1, 0.15) is 12.8 Å². The van der Waals surface area contributed by atoms with Crippen molar-refractivity contribution in [2.75, 3.05) is 13.1 Å². The molecule has 0 amide bonds. The highest BCUT2D eigenvalue weighted by molar-refractivity contribution is 9.11. The van der Waals surface area contributed by atoms with Crippen molar-refractivity contribution in [2.24, 2.45) is 0 Å². The Hall–Kier alpha value is 0.440. The van der Waals surface area contributed by atoms with Crippen molar-refractivity contribution in [2.45, 2.75) is 12.8 Å². The van der Waals surface area contributed by atoms with Crippen LogP contribution in [0.5, 0.6) is 0 Å². The van der Waals surface area contributed by atoms with Crippen LogP contribution < -0.4 is 5.32 Å². The number of halogens is 1. The molecule has 0 bridgehead atoms. The zero-order chi connectivity index (χ0) is 5.11. The maximum atomic E-state index is 3.46. The first kappa shape index (κ1) is 5.57. The first-order valence-electron chi connectivity index (χ1n) is 2.60. The van der Waals surface area contributed by atoms with Crippen LogP contribution in [0.25, 0.3) is 0 Å². The van der Waals surface area contributed by atoms with E-state index >= 15 is 0 Å². The topological polar surface area (TPSA) is 12.0 Å². The monoisotopic (exact) mass is 162 g/mol. The van der Waals surface area contributed by atoms with Crippen molar-refractivity contribution in [1.82, 2.24) is 5.32 Å². The van der Waals surface area contributed by atoms with Crippen LogP contribution in [-0.4, -0.2) is 13.1 Å². The summed E-state index contributed by atoms with van der Waals surface area (Å²) in [6.07, 6.45) is 2.42. The molecule has 1 heterocycles. The van der Waals surface area contributed by atoms with E-state index in [-0.39, 0.29) is 0 Å². The van der Waals surface area contributed by atoms with Gasteiger partial charge in [0.1, 0.15) is 0 Å². The molecule has 1 radical (unpaired) electrons. The molecule has 0 aromatic carbocycles. The summed E-state index contributed by atoms with van der Waals surface area (Å²) in [6.45, 7) is 2.31. The van der Waals surface area contributed by atoms with Crippen molar-refractivity contribution in [3.63, 3.8) is 0 Å². The summed E-state index contributed by atoms with van der Waals surface area (Å²) in [4.78, 5) is 1.46. The van der Waals surface area contributed by atoms with Crippen LogP contribution in [0.3, 0.4) is 0 Å². The lowest BCUT2D eigenvalue weighted by Gasteiger charge is -2.15. The Morgan fingerprint density at radius 1 is 1.29 bits per heavy atom. The van der Waals surface area contributed by atoms with Gasteiger partial charge < -0.3 is 5.32 Å². The molecular formula is C5H9BrN. The minimum Gasteiger partial charge on any atom is -0.317 e. The van der Waals surface area contributed by atoms with Crippen molar-refractivity contribution in [3.05, 3.63) is 4.83 Å². The molecular weight excluding hydrogens is 154 g/mol. The van der Waals surface area contributed by atoms with E-state index < -0.39 is 0 Å². The predicted molar refractivity (Wildman–Crippen MR) is 34.3 cm³/mol. The van der Waals surface area contributed by atoms with Crippen LogP contribution >= 0.6 is 15.9 Å². The Bertz CT molecular complexity index is 50.0. The molecule has 1 fully saturated rings. The summed E-state index contributed by atoms with van der Waals surface area (Å²) < 4.78 is 0. The Morgan fingerprint density at radius 2 is 1.86 bits per heavy atom. The third-order valence-electron chi connectivity index (χ3n) is 1.15. The second-order valence-electron chi connectivity index (χ2n) is 1.77. The van der Waals surface area contributed by atoms with E-state index in [1.807, 2.05) is 0 Å². The summed E-state index contributed by atoms with van der Waals surface area (Å²) in [6, 6.07) is 0. The SMILES string of the molecule is Br[C]1CCNCC1. The van der Waals surface area contributed by atoms with Gasteiger partial charge in [0.15, 0.2) is 0 Å². The largest absolute Gasteiger partial charge is 0.317 e. The van der Waals surface area contributed by atoms with Crippen LogP contribution in [0.15, 0.2) is 0 Å². The van der Waals surface area contributed by atoms with E-state index in [0.29, 0.717) is 0 Å². The number of nitrogens with one attached hydrogen (secondary N) is 1. The van der Waals surface area contributed by atoms with Crippen LogP contribution in [0, 0.1) is 4.83 Å². The van der Waals surface area contributed by atoms with Gasteiger partial charge in [-0.3, -0.25) is 0 Å². The average Bonchev–Trinajstić information content (AvgIpc) is 1.69. The van der Waals surface area contributed by atoms with E-state index in [4.69, 9.17) is 0 Å². The number of hydrogen-bond donors (Lipinski definition) is 1. The number of piperidine rings is 1. The number of rotatable bonds is 0. The standard InChI is InChI=1S/C5H9BrN/c6-5-1-3-7-4-2-5/h7H,1-4H2. The molecule has 0 aliphatic carbocycles. The molecule has 1 rings (SSSR count). The normalized spacial score (nSPS) is 25.3. The van der Waals surface area contributed by atoms with Crippen LogP contribution in [0.2, 0.25) is 0 Å².